The van der Waals surface area contributed by atoms with Crippen LogP contribution in [0.1, 0.15) is 61.3 Å². The Morgan fingerprint density at radius 2 is 1.78 bits per heavy atom. The molecule has 0 bridgehead atoms. The third-order valence-corrected chi connectivity index (χ3v) is 11.4. The van der Waals surface area contributed by atoms with Gasteiger partial charge in [0.15, 0.2) is 8.32 Å². The highest BCUT2D eigenvalue weighted by atomic mass is 28.4. The van der Waals surface area contributed by atoms with Crippen molar-refractivity contribution in [2.45, 2.75) is 97.2 Å². The van der Waals surface area contributed by atoms with Crippen molar-refractivity contribution in [3.05, 3.63) is 0 Å². The highest BCUT2D eigenvalue weighted by Crippen LogP contribution is 2.48. The average Bonchev–Trinajstić information content (AvgIpc) is 2.50. The van der Waals surface area contributed by atoms with Crippen LogP contribution in [0.5, 0.6) is 0 Å². The summed E-state index contributed by atoms with van der Waals surface area (Å²) >= 11 is 0. The number of aliphatic hydroxyl groups is 2. The predicted octanol–water partition coefficient (Wildman–Crippen LogP) is 3.92. The van der Waals surface area contributed by atoms with E-state index >= 15 is 0 Å². The molecule has 1 amide bonds. The Morgan fingerprint density at radius 3 is 2.15 bits per heavy atom. The van der Waals surface area contributed by atoms with Gasteiger partial charge in [-0.3, -0.25) is 4.90 Å². The number of piperidine rings is 1. The van der Waals surface area contributed by atoms with Gasteiger partial charge in [0.25, 0.3) is 0 Å². The number of nitrogens with zero attached hydrogens (tertiary/aromatic N) is 1. The van der Waals surface area contributed by atoms with Crippen molar-refractivity contribution in [2.75, 3.05) is 13.2 Å². The Kier molecular flexibility index (Phi) is 7.24. The fourth-order valence-electron chi connectivity index (χ4n) is 4.12. The summed E-state index contributed by atoms with van der Waals surface area (Å²) in [6.45, 7) is 18.7. The van der Waals surface area contributed by atoms with Crippen LogP contribution in [0, 0.1) is 11.3 Å². The predicted molar refractivity (Wildman–Crippen MR) is 110 cm³/mol. The number of amides is 1. The van der Waals surface area contributed by atoms with Gasteiger partial charge in [0, 0.05) is 13.2 Å². The number of carboxylic acid groups (broad SMARTS) is 1. The van der Waals surface area contributed by atoms with Crippen molar-refractivity contribution in [3.63, 3.8) is 0 Å². The van der Waals surface area contributed by atoms with E-state index in [2.05, 4.69) is 33.9 Å². The second-order valence-corrected chi connectivity index (χ2v) is 15.4. The highest BCUT2D eigenvalue weighted by Gasteiger charge is 2.58. The van der Waals surface area contributed by atoms with Gasteiger partial charge in [-0.2, -0.15) is 0 Å². The monoisotopic (exact) mass is 403 g/mol. The van der Waals surface area contributed by atoms with Gasteiger partial charge in [-0.05, 0) is 49.2 Å². The van der Waals surface area contributed by atoms with Crippen LogP contribution in [0.15, 0.2) is 0 Å². The molecule has 1 aliphatic heterocycles. The molecule has 0 saturated carbocycles. The Morgan fingerprint density at radius 1 is 1.26 bits per heavy atom. The summed E-state index contributed by atoms with van der Waals surface area (Å²) in [5, 5.41) is 31.2. The molecule has 3 N–H and O–H groups in total. The first-order valence-corrected chi connectivity index (χ1v) is 12.9. The van der Waals surface area contributed by atoms with Gasteiger partial charge in [0.2, 0.25) is 0 Å². The van der Waals surface area contributed by atoms with Crippen LogP contribution in [-0.2, 0) is 4.43 Å². The van der Waals surface area contributed by atoms with Crippen LogP contribution in [-0.4, -0.2) is 65.5 Å². The lowest BCUT2D eigenvalue weighted by molar-refractivity contribution is -0.149. The topological polar surface area (TPSA) is 90.2 Å². The standard InChI is InChI=1S/C20H41NO5Si/c1-14(26-27(8,9)19(5,6)7)16(23)20(18(2,3)4)12-15(13-22)10-11-21(20)17(24)25/h14-16,22-23H,10-13H2,1-9H3,(H,24,25). The normalized spacial score (nSPS) is 27.4. The van der Waals surface area contributed by atoms with E-state index in [1.807, 2.05) is 27.7 Å². The minimum atomic E-state index is -2.14. The Labute approximate surface area is 166 Å². The molecule has 1 fully saturated rings. The summed E-state index contributed by atoms with van der Waals surface area (Å²) in [5.41, 5.74) is -1.55. The number of hydrogen-bond donors (Lipinski definition) is 3. The molecule has 1 heterocycles. The van der Waals surface area contributed by atoms with Crippen LogP contribution in [0.4, 0.5) is 4.79 Å². The van der Waals surface area contributed by atoms with E-state index in [0.717, 1.165) is 0 Å². The summed E-state index contributed by atoms with van der Waals surface area (Å²) in [7, 11) is -2.14. The van der Waals surface area contributed by atoms with Crippen molar-refractivity contribution in [3.8, 4) is 0 Å². The summed E-state index contributed by atoms with van der Waals surface area (Å²) in [6.07, 6.45) is -1.50. The molecular weight excluding hydrogens is 362 g/mol. The molecular formula is C20H41NO5Si. The molecule has 1 rings (SSSR count). The molecule has 0 aromatic carbocycles. The van der Waals surface area contributed by atoms with E-state index in [1.165, 1.54) is 4.90 Å². The first-order chi connectivity index (χ1) is 12.0. The van der Waals surface area contributed by atoms with Crippen molar-refractivity contribution in [1.82, 2.24) is 4.90 Å². The molecule has 0 aliphatic carbocycles. The Balaban J connectivity index is 3.37. The van der Waals surface area contributed by atoms with E-state index in [4.69, 9.17) is 4.43 Å². The van der Waals surface area contributed by atoms with Gasteiger partial charge >= 0.3 is 6.09 Å². The van der Waals surface area contributed by atoms with Gasteiger partial charge < -0.3 is 19.7 Å². The van der Waals surface area contributed by atoms with Gasteiger partial charge in [-0.15, -0.1) is 0 Å². The second kappa shape index (κ2) is 8.01. The maximum absolute atomic E-state index is 12.1. The van der Waals surface area contributed by atoms with E-state index in [9.17, 15) is 20.1 Å². The zero-order chi connectivity index (χ0) is 21.4. The summed E-state index contributed by atoms with van der Waals surface area (Å²) in [6, 6.07) is 0. The summed E-state index contributed by atoms with van der Waals surface area (Å²) in [4.78, 5) is 13.5. The number of hydrogen-bond acceptors (Lipinski definition) is 4. The lowest BCUT2D eigenvalue weighted by Gasteiger charge is -2.59. The van der Waals surface area contributed by atoms with Crippen LogP contribution in [0.3, 0.4) is 0 Å². The number of rotatable bonds is 5. The van der Waals surface area contributed by atoms with Crippen LogP contribution < -0.4 is 0 Å². The lowest BCUT2D eigenvalue weighted by Crippen LogP contribution is -2.71. The van der Waals surface area contributed by atoms with Crippen molar-refractivity contribution in [1.29, 1.82) is 0 Å². The molecule has 7 heteroatoms. The van der Waals surface area contributed by atoms with E-state index in [-0.39, 0.29) is 17.6 Å². The van der Waals surface area contributed by atoms with E-state index in [0.29, 0.717) is 19.4 Å². The maximum Gasteiger partial charge on any atom is 0.407 e. The highest BCUT2D eigenvalue weighted by molar-refractivity contribution is 6.74. The minimum absolute atomic E-state index is 0.00448. The molecule has 1 aliphatic rings. The van der Waals surface area contributed by atoms with Gasteiger partial charge in [0.05, 0.1) is 11.6 Å². The maximum atomic E-state index is 12.1. The quantitative estimate of drug-likeness (QED) is 0.605. The molecule has 0 aromatic heterocycles. The third kappa shape index (κ3) is 4.69. The Hall–Kier alpha value is -0.633. The fraction of sp³-hybridized carbons (Fsp3) is 0.950. The van der Waals surface area contributed by atoms with Crippen molar-refractivity contribution in [2.24, 2.45) is 11.3 Å². The number of aliphatic hydroxyl groups excluding tert-OH is 2. The van der Waals surface area contributed by atoms with Gasteiger partial charge in [-0.1, -0.05) is 41.5 Å². The molecule has 1 saturated heterocycles. The molecule has 4 unspecified atom stereocenters. The zero-order valence-electron chi connectivity index (χ0n) is 18.7. The fourth-order valence-corrected chi connectivity index (χ4v) is 5.53. The molecule has 0 aromatic rings. The van der Waals surface area contributed by atoms with Crippen molar-refractivity contribution >= 4 is 14.4 Å². The van der Waals surface area contributed by atoms with Crippen LogP contribution in [0.25, 0.3) is 0 Å². The molecule has 27 heavy (non-hydrogen) atoms. The lowest BCUT2D eigenvalue weighted by atomic mass is 9.61. The minimum Gasteiger partial charge on any atom is -0.465 e. The number of likely N-dealkylation sites (tertiary alicyclic amines) is 1. The largest absolute Gasteiger partial charge is 0.465 e. The smallest absolute Gasteiger partial charge is 0.407 e. The second-order valence-electron chi connectivity index (χ2n) is 10.7. The van der Waals surface area contributed by atoms with Crippen molar-refractivity contribution < 1.29 is 24.5 Å². The first-order valence-electron chi connectivity index (χ1n) is 9.98. The van der Waals surface area contributed by atoms with E-state index in [1.54, 1.807) is 0 Å². The van der Waals surface area contributed by atoms with Crippen LogP contribution >= 0.6 is 0 Å². The van der Waals surface area contributed by atoms with Gasteiger partial charge in [0.1, 0.15) is 6.10 Å². The molecule has 0 spiro atoms. The average molecular weight is 404 g/mol. The third-order valence-electron chi connectivity index (χ3n) is 6.85. The molecule has 160 valence electrons. The number of carbonyl (C=O) groups is 1. The summed E-state index contributed by atoms with van der Waals surface area (Å²) in [5.74, 6) is -0.0328. The molecule has 0 radical (unpaired) electrons. The zero-order valence-corrected chi connectivity index (χ0v) is 19.7. The molecule has 6 nitrogen and oxygen atoms in total. The Bertz CT molecular complexity index is 525. The first kappa shape index (κ1) is 24.4. The van der Waals surface area contributed by atoms with E-state index < -0.39 is 37.6 Å². The van der Waals surface area contributed by atoms with Gasteiger partial charge in [-0.25, -0.2) is 4.79 Å². The summed E-state index contributed by atoms with van der Waals surface area (Å²) < 4.78 is 6.44. The molecule has 4 atom stereocenters. The van der Waals surface area contributed by atoms with Crippen LogP contribution in [0.2, 0.25) is 18.1 Å². The SMILES string of the molecule is CC(O[Si](C)(C)C(C)(C)C)C(O)C1(C(C)(C)C)CC(CO)CCN1C(=O)O.